The summed E-state index contributed by atoms with van der Waals surface area (Å²) in [4.78, 5) is 25.3. The minimum absolute atomic E-state index is 0.0335. The molecule has 2 N–H and O–H groups in total. The Hall–Kier alpha value is -0.390. The van der Waals surface area contributed by atoms with Gasteiger partial charge in [-0.25, -0.2) is 0 Å². The van der Waals surface area contributed by atoms with Crippen LogP contribution in [0.15, 0.2) is 0 Å². The molecule has 0 aromatic rings. The van der Waals surface area contributed by atoms with Gasteiger partial charge in [0.1, 0.15) is 0 Å². The Labute approximate surface area is 115 Å². The maximum Gasteiger partial charge on any atom is 0.159 e. The molecule has 5 heteroatoms. The highest BCUT2D eigenvalue weighted by Gasteiger charge is 2.26. The molecule has 0 aliphatic heterocycles. The Morgan fingerprint density at radius 2 is 1.94 bits per heavy atom. The average Bonchev–Trinajstić information content (AvgIpc) is 2.34. The molecule has 0 radical (unpaired) electrons. The van der Waals surface area contributed by atoms with Gasteiger partial charge in [-0.2, -0.15) is 11.8 Å². The van der Waals surface area contributed by atoms with Crippen LogP contribution in [-0.2, 0) is 9.59 Å². The first-order chi connectivity index (χ1) is 8.24. The Balaban J connectivity index is 4.15. The molecule has 0 fully saturated rings. The molecule has 0 aromatic heterocycles. The van der Waals surface area contributed by atoms with Crippen molar-refractivity contribution in [3.8, 4) is 0 Å². The van der Waals surface area contributed by atoms with Crippen LogP contribution in [0.1, 0.15) is 27.2 Å². The van der Waals surface area contributed by atoms with Crippen LogP contribution in [0.3, 0.4) is 0 Å². The molecule has 1 unspecified atom stereocenters. The van der Waals surface area contributed by atoms with Crippen LogP contribution in [0.2, 0.25) is 0 Å². The van der Waals surface area contributed by atoms with E-state index in [9.17, 15) is 9.59 Å². The van der Waals surface area contributed by atoms with Crippen molar-refractivity contribution >= 4 is 23.3 Å². The van der Waals surface area contributed by atoms with Gasteiger partial charge in [0.2, 0.25) is 0 Å². The normalized spacial score (nSPS) is 13.7. The van der Waals surface area contributed by atoms with Gasteiger partial charge in [0.25, 0.3) is 0 Å². The first-order valence-corrected chi connectivity index (χ1v) is 7.50. The highest BCUT2D eigenvalue weighted by atomic mass is 32.2. The van der Waals surface area contributed by atoms with Crippen molar-refractivity contribution in [1.29, 1.82) is 0 Å². The summed E-state index contributed by atoms with van der Waals surface area (Å²) in [5.41, 5.74) is 4.98. The second-order valence-corrected chi connectivity index (χ2v) is 6.52. The maximum absolute atomic E-state index is 11.7. The van der Waals surface area contributed by atoms with Crippen molar-refractivity contribution in [2.45, 2.75) is 32.4 Å². The minimum Gasteiger partial charge on any atom is -0.324 e. The Kier molecular flexibility index (Phi) is 7.75. The van der Waals surface area contributed by atoms with Gasteiger partial charge in [-0.3, -0.25) is 14.5 Å². The predicted molar refractivity (Wildman–Crippen MR) is 77.9 cm³/mol. The Bertz CT molecular complexity index is 293. The number of carbonyl (C=O) groups excluding carboxylic acids is 2. The van der Waals surface area contributed by atoms with E-state index in [1.807, 2.05) is 39.0 Å². The van der Waals surface area contributed by atoms with Gasteiger partial charge in [0.05, 0.1) is 18.3 Å². The topological polar surface area (TPSA) is 63.4 Å². The van der Waals surface area contributed by atoms with E-state index in [0.29, 0.717) is 6.54 Å². The molecule has 0 aliphatic rings. The van der Waals surface area contributed by atoms with E-state index in [0.717, 1.165) is 13.0 Å². The molecule has 0 saturated heterocycles. The molecule has 0 amide bonds. The van der Waals surface area contributed by atoms with Crippen molar-refractivity contribution in [3.05, 3.63) is 0 Å². The molecule has 0 spiro atoms. The molecule has 106 valence electrons. The van der Waals surface area contributed by atoms with E-state index in [2.05, 4.69) is 0 Å². The SMILES string of the molecule is CSC(C)C(=O)CN(C)CCC(C)(C)C(=O)CN. The fourth-order valence-corrected chi connectivity index (χ4v) is 1.83. The molecule has 1 atom stereocenters. The quantitative estimate of drug-likeness (QED) is 0.684. The lowest BCUT2D eigenvalue weighted by atomic mass is 9.84. The average molecular weight is 274 g/mol. The number of nitrogens with zero attached hydrogens (tertiary/aromatic N) is 1. The molecule has 0 heterocycles. The van der Waals surface area contributed by atoms with Gasteiger partial charge < -0.3 is 5.73 Å². The first kappa shape index (κ1) is 17.6. The van der Waals surface area contributed by atoms with Crippen molar-refractivity contribution in [3.63, 3.8) is 0 Å². The molecule has 4 nitrogen and oxygen atoms in total. The fourth-order valence-electron chi connectivity index (χ4n) is 1.49. The van der Waals surface area contributed by atoms with Crippen LogP contribution >= 0.6 is 11.8 Å². The van der Waals surface area contributed by atoms with Crippen molar-refractivity contribution in [2.75, 3.05) is 32.9 Å². The zero-order valence-electron chi connectivity index (χ0n) is 12.2. The summed E-state index contributed by atoms with van der Waals surface area (Å²) in [6.07, 6.45) is 2.66. The lowest BCUT2D eigenvalue weighted by molar-refractivity contribution is -0.126. The third-order valence-electron chi connectivity index (χ3n) is 3.29. The lowest BCUT2D eigenvalue weighted by Crippen LogP contribution is -2.36. The van der Waals surface area contributed by atoms with Gasteiger partial charge in [-0.15, -0.1) is 0 Å². The lowest BCUT2D eigenvalue weighted by Gasteiger charge is -2.26. The van der Waals surface area contributed by atoms with Crippen molar-refractivity contribution in [1.82, 2.24) is 4.90 Å². The van der Waals surface area contributed by atoms with Crippen LogP contribution in [0.5, 0.6) is 0 Å². The summed E-state index contributed by atoms with van der Waals surface area (Å²) in [5, 5.41) is 0.0335. The second-order valence-electron chi connectivity index (χ2n) is 5.34. The zero-order valence-corrected chi connectivity index (χ0v) is 13.0. The summed E-state index contributed by atoms with van der Waals surface area (Å²) in [6, 6.07) is 0. The summed E-state index contributed by atoms with van der Waals surface area (Å²) in [7, 11) is 1.91. The summed E-state index contributed by atoms with van der Waals surface area (Å²) in [5.74, 6) is 0.299. The van der Waals surface area contributed by atoms with Crippen LogP contribution in [0, 0.1) is 5.41 Å². The molecular formula is C13H26N2O2S. The fraction of sp³-hybridized carbons (Fsp3) is 0.846. The van der Waals surface area contributed by atoms with Gasteiger partial charge in [-0.1, -0.05) is 13.8 Å². The van der Waals surface area contributed by atoms with Crippen molar-refractivity contribution < 1.29 is 9.59 Å². The number of nitrogens with two attached hydrogens (primary N) is 1. The summed E-state index contributed by atoms with van der Waals surface area (Å²) < 4.78 is 0. The maximum atomic E-state index is 11.7. The molecule has 0 rings (SSSR count). The smallest absolute Gasteiger partial charge is 0.159 e. The molecule has 0 aromatic carbocycles. The number of carbonyl (C=O) groups is 2. The van der Waals surface area contributed by atoms with E-state index in [1.54, 1.807) is 11.8 Å². The molecule has 0 bridgehead atoms. The standard InChI is InChI=1S/C13H26N2O2S/c1-10(18-5)11(16)9-15(4)7-6-13(2,3)12(17)8-14/h10H,6-9,14H2,1-5H3. The number of thioether (sulfide) groups is 1. The van der Waals surface area contributed by atoms with Gasteiger partial charge >= 0.3 is 0 Å². The molecule has 0 aliphatic carbocycles. The molecule has 0 saturated carbocycles. The van der Waals surface area contributed by atoms with E-state index in [4.69, 9.17) is 5.73 Å². The van der Waals surface area contributed by atoms with Crippen LogP contribution in [0.25, 0.3) is 0 Å². The van der Waals surface area contributed by atoms with Crippen LogP contribution in [0.4, 0.5) is 0 Å². The molecular weight excluding hydrogens is 248 g/mol. The Morgan fingerprint density at radius 3 is 2.39 bits per heavy atom. The monoisotopic (exact) mass is 274 g/mol. The van der Waals surface area contributed by atoms with E-state index in [1.165, 1.54) is 0 Å². The number of hydrogen-bond acceptors (Lipinski definition) is 5. The third-order valence-corrected chi connectivity index (χ3v) is 4.26. The van der Waals surface area contributed by atoms with Gasteiger partial charge in [-0.05, 0) is 33.2 Å². The number of Topliss-reactive ketones (excluding diaryl/α,β-unsaturated/α-hetero) is 2. The number of rotatable bonds is 9. The number of likely N-dealkylation sites (N-methyl/N-ethyl adjacent to an activating group) is 1. The van der Waals surface area contributed by atoms with Gasteiger partial charge in [0.15, 0.2) is 11.6 Å². The first-order valence-electron chi connectivity index (χ1n) is 6.22. The van der Waals surface area contributed by atoms with Crippen LogP contribution < -0.4 is 5.73 Å². The Morgan fingerprint density at radius 1 is 1.39 bits per heavy atom. The van der Waals surface area contributed by atoms with E-state index >= 15 is 0 Å². The second kappa shape index (κ2) is 7.92. The number of ketones is 2. The summed E-state index contributed by atoms with van der Waals surface area (Å²) >= 11 is 1.56. The van der Waals surface area contributed by atoms with Crippen molar-refractivity contribution in [2.24, 2.45) is 11.1 Å². The predicted octanol–water partition coefficient (Wildman–Crippen LogP) is 1.18. The highest BCUT2D eigenvalue weighted by Crippen LogP contribution is 2.21. The minimum atomic E-state index is -0.406. The molecule has 18 heavy (non-hydrogen) atoms. The zero-order chi connectivity index (χ0) is 14.3. The van der Waals surface area contributed by atoms with Gasteiger partial charge in [0, 0.05) is 5.41 Å². The van der Waals surface area contributed by atoms with Crippen LogP contribution in [-0.4, -0.2) is 54.7 Å². The van der Waals surface area contributed by atoms with E-state index in [-0.39, 0.29) is 23.4 Å². The third kappa shape index (κ3) is 5.98. The highest BCUT2D eigenvalue weighted by molar-refractivity contribution is 7.99. The number of hydrogen-bond donors (Lipinski definition) is 1. The largest absolute Gasteiger partial charge is 0.324 e. The van der Waals surface area contributed by atoms with E-state index < -0.39 is 5.41 Å². The summed E-state index contributed by atoms with van der Waals surface area (Å²) in [6.45, 7) is 6.98.